The average Bonchev–Trinajstić information content (AvgIpc) is 2.98. The van der Waals surface area contributed by atoms with E-state index in [1.807, 2.05) is 18.2 Å². The minimum absolute atomic E-state index is 0.251. The first kappa shape index (κ1) is 16.1. The molecule has 2 aromatic rings. The Kier molecular flexibility index (Phi) is 4.71. The molecular weight excluding hydrogens is 361 g/mol. The lowest BCUT2D eigenvalue weighted by molar-refractivity contribution is 0.434. The first-order chi connectivity index (χ1) is 10.5. The third kappa shape index (κ3) is 3.14. The highest BCUT2D eigenvalue weighted by molar-refractivity contribution is 8.01. The Labute approximate surface area is 144 Å². The van der Waals surface area contributed by atoms with Crippen molar-refractivity contribution in [3.8, 4) is 0 Å². The molecule has 3 rings (SSSR count). The first-order valence-corrected chi connectivity index (χ1v) is 9.87. The molecular formula is C15H13Cl2NO2S2. The van der Waals surface area contributed by atoms with Gasteiger partial charge in [0.1, 0.15) is 0 Å². The predicted octanol–water partition coefficient (Wildman–Crippen LogP) is 4.43. The van der Waals surface area contributed by atoms with Crippen molar-refractivity contribution in [1.82, 2.24) is 4.31 Å². The minimum Gasteiger partial charge on any atom is -0.207 e. The number of thioether (sulfide) groups is 1. The van der Waals surface area contributed by atoms with Crippen LogP contribution in [0.5, 0.6) is 0 Å². The second kappa shape index (κ2) is 6.42. The van der Waals surface area contributed by atoms with Gasteiger partial charge in [0, 0.05) is 22.3 Å². The molecule has 1 aliphatic heterocycles. The summed E-state index contributed by atoms with van der Waals surface area (Å²) in [5.74, 6) is 0.754. The Morgan fingerprint density at radius 2 is 1.77 bits per heavy atom. The Balaban J connectivity index is 1.97. The fraction of sp³-hybridized carbons (Fsp3) is 0.200. The number of halogens is 2. The maximum absolute atomic E-state index is 12.9. The number of hydrogen-bond donors (Lipinski definition) is 0. The molecule has 22 heavy (non-hydrogen) atoms. The smallest absolute Gasteiger partial charge is 0.207 e. The van der Waals surface area contributed by atoms with Gasteiger partial charge in [0.2, 0.25) is 10.0 Å². The quantitative estimate of drug-likeness (QED) is 0.798. The molecule has 3 nitrogen and oxygen atoms in total. The van der Waals surface area contributed by atoms with Gasteiger partial charge in [-0.25, -0.2) is 8.42 Å². The number of rotatable bonds is 3. The van der Waals surface area contributed by atoms with Gasteiger partial charge in [-0.15, -0.1) is 11.8 Å². The van der Waals surface area contributed by atoms with Crippen LogP contribution in [0.2, 0.25) is 10.0 Å². The molecule has 0 bridgehead atoms. The molecule has 1 heterocycles. The van der Waals surface area contributed by atoms with Gasteiger partial charge in [-0.3, -0.25) is 0 Å². The SMILES string of the molecule is O=S(=O)(c1ccc(Cl)cc1)N1CCSC1c1cccc(Cl)c1. The van der Waals surface area contributed by atoms with Crippen LogP contribution in [0.4, 0.5) is 0 Å². The van der Waals surface area contributed by atoms with Crippen LogP contribution in [0.1, 0.15) is 10.9 Å². The molecule has 116 valence electrons. The summed E-state index contributed by atoms with van der Waals surface area (Å²) in [6.45, 7) is 0.479. The summed E-state index contributed by atoms with van der Waals surface area (Å²) in [7, 11) is -3.55. The number of sulfonamides is 1. The van der Waals surface area contributed by atoms with E-state index in [4.69, 9.17) is 23.2 Å². The van der Waals surface area contributed by atoms with Crippen molar-refractivity contribution in [2.24, 2.45) is 0 Å². The molecule has 0 aromatic heterocycles. The summed E-state index contributed by atoms with van der Waals surface area (Å²) < 4.78 is 27.2. The maximum atomic E-state index is 12.9. The van der Waals surface area contributed by atoms with Gasteiger partial charge in [-0.2, -0.15) is 4.31 Å². The summed E-state index contributed by atoms with van der Waals surface area (Å²) in [6.07, 6.45) is 0. The highest BCUT2D eigenvalue weighted by Crippen LogP contribution is 2.41. The van der Waals surface area contributed by atoms with E-state index in [1.165, 1.54) is 16.4 Å². The zero-order valence-electron chi connectivity index (χ0n) is 11.4. The lowest BCUT2D eigenvalue weighted by Crippen LogP contribution is -2.30. The standard InChI is InChI=1S/C15H13Cl2NO2S2/c16-12-4-6-14(7-5-12)22(19,20)18-8-9-21-15(18)11-2-1-3-13(17)10-11/h1-7,10,15H,8-9H2. The largest absolute Gasteiger partial charge is 0.244 e. The Bertz CT molecular complexity index is 778. The van der Waals surface area contributed by atoms with Crippen LogP contribution in [0.25, 0.3) is 0 Å². The third-order valence-electron chi connectivity index (χ3n) is 3.40. The van der Waals surface area contributed by atoms with Gasteiger partial charge in [0.15, 0.2) is 0 Å². The van der Waals surface area contributed by atoms with E-state index in [0.29, 0.717) is 16.6 Å². The van der Waals surface area contributed by atoms with Crippen LogP contribution in [-0.2, 0) is 10.0 Å². The summed E-state index contributed by atoms with van der Waals surface area (Å²) in [5, 5.41) is 0.870. The molecule has 1 saturated heterocycles. The summed E-state index contributed by atoms with van der Waals surface area (Å²) >= 11 is 13.5. The zero-order chi connectivity index (χ0) is 15.7. The highest BCUT2D eigenvalue weighted by atomic mass is 35.5. The van der Waals surface area contributed by atoms with E-state index >= 15 is 0 Å². The molecule has 0 spiro atoms. The second-order valence-electron chi connectivity index (χ2n) is 4.85. The molecule has 2 aromatic carbocycles. The van der Waals surface area contributed by atoms with Crippen LogP contribution in [0, 0.1) is 0 Å². The first-order valence-electron chi connectivity index (χ1n) is 6.63. The van der Waals surface area contributed by atoms with Crippen molar-refractivity contribution in [2.75, 3.05) is 12.3 Å². The molecule has 1 aliphatic rings. The van der Waals surface area contributed by atoms with E-state index < -0.39 is 10.0 Å². The lowest BCUT2D eigenvalue weighted by atomic mass is 10.2. The fourth-order valence-corrected chi connectivity index (χ4v) is 5.92. The molecule has 0 N–H and O–H groups in total. The molecule has 0 saturated carbocycles. The predicted molar refractivity (Wildman–Crippen MR) is 92.0 cm³/mol. The fourth-order valence-electron chi connectivity index (χ4n) is 2.37. The van der Waals surface area contributed by atoms with Gasteiger partial charge < -0.3 is 0 Å². The van der Waals surface area contributed by atoms with E-state index in [0.717, 1.165) is 11.3 Å². The minimum atomic E-state index is -3.55. The van der Waals surface area contributed by atoms with Crippen molar-refractivity contribution in [3.63, 3.8) is 0 Å². The van der Waals surface area contributed by atoms with E-state index in [-0.39, 0.29) is 10.3 Å². The summed E-state index contributed by atoms with van der Waals surface area (Å²) in [4.78, 5) is 0.256. The highest BCUT2D eigenvalue weighted by Gasteiger charge is 2.36. The average molecular weight is 374 g/mol. The van der Waals surface area contributed by atoms with E-state index in [9.17, 15) is 8.42 Å². The number of hydrogen-bond acceptors (Lipinski definition) is 3. The third-order valence-corrected chi connectivity index (χ3v) is 7.16. The monoisotopic (exact) mass is 373 g/mol. The zero-order valence-corrected chi connectivity index (χ0v) is 14.6. The number of benzene rings is 2. The van der Waals surface area contributed by atoms with Gasteiger partial charge in [-0.05, 0) is 42.0 Å². The topological polar surface area (TPSA) is 37.4 Å². The van der Waals surface area contributed by atoms with Crippen molar-refractivity contribution < 1.29 is 8.42 Å². The van der Waals surface area contributed by atoms with Crippen LogP contribution in [-0.4, -0.2) is 25.0 Å². The van der Waals surface area contributed by atoms with Crippen molar-refractivity contribution in [3.05, 3.63) is 64.1 Å². The molecule has 0 radical (unpaired) electrons. The van der Waals surface area contributed by atoms with E-state index in [1.54, 1.807) is 30.0 Å². The molecule has 1 unspecified atom stereocenters. The normalized spacial score (nSPS) is 19.5. The molecule has 0 amide bonds. The second-order valence-corrected chi connectivity index (χ2v) is 8.80. The summed E-state index contributed by atoms with van der Waals surface area (Å²) in [6, 6.07) is 13.6. The van der Waals surface area contributed by atoms with Gasteiger partial charge in [-0.1, -0.05) is 35.3 Å². The van der Waals surface area contributed by atoms with Crippen molar-refractivity contribution in [1.29, 1.82) is 0 Å². The Morgan fingerprint density at radius 3 is 2.45 bits per heavy atom. The lowest BCUT2D eigenvalue weighted by Gasteiger charge is -2.23. The summed E-state index contributed by atoms with van der Waals surface area (Å²) in [5.41, 5.74) is 0.896. The molecule has 1 atom stereocenters. The van der Waals surface area contributed by atoms with Crippen LogP contribution >= 0.6 is 35.0 Å². The van der Waals surface area contributed by atoms with Crippen molar-refractivity contribution >= 4 is 45.0 Å². The van der Waals surface area contributed by atoms with Gasteiger partial charge in [0.05, 0.1) is 10.3 Å². The van der Waals surface area contributed by atoms with Crippen LogP contribution < -0.4 is 0 Å². The molecule has 1 fully saturated rings. The van der Waals surface area contributed by atoms with Crippen molar-refractivity contribution in [2.45, 2.75) is 10.3 Å². The molecule has 0 aliphatic carbocycles. The van der Waals surface area contributed by atoms with E-state index in [2.05, 4.69) is 0 Å². The number of nitrogens with zero attached hydrogens (tertiary/aromatic N) is 1. The van der Waals surface area contributed by atoms with Gasteiger partial charge >= 0.3 is 0 Å². The van der Waals surface area contributed by atoms with Crippen LogP contribution in [0.15, 0.2) is 53.4 Å². The van der Waals surface area contributed by atoms with Crippen LogP contribution in [0.3, 0.4) is 0 Å². The molecule has 7 heteroatoms. The Hall–Kier alpha value is -0.720. The van der Waals surface area contributed by atoms with Gasteiger partial charge in [0.25, 0.3) is 0 Å². The Morgan fingerprint density at radius 1 is 1.05 bits per heavy atom. The maximum Gasteiger partial charge on any atom is 0.244 e.